The highest BCUT2D eigenvalue weighted by atomic mass is 16.4. The van der Waals surface area contributed by atoms with E-state index in [1.54, 1.807) is 13.0 Å². The van der Waals surface area contributed by atoms with Crippen LogP contribution < -0.4 is 0 Å². The Morgan fingerprint density at radius 3 is 2.78 bits per heavy atom. The summed E-state index contributed by atoms with van der Waals surface area (Å²) in [6.45, 7) is 1.98. The lowest BCUT2D eigenvalue weighted by molar-refractivity contribution is -0.190. The van der Waals surface area contributed by atoms with Gasteiger partial charge in [0.05, 0.1) is 13.6 Å². The van der Waals surface area contributed by atoms with Gasteiger partial charge < -0.3 is 20.4 Å². The molecule has 1 unspecified atom stereocenters. The molecule has 0 amide bonds. The van der Waals surface area contributed by atoms with Gasteiger partial charge in [-0.05, 0) is 49.6 Å². The van der Waals surface area contributed by atoms with Crippen LogP contribution in [0.5, 0.6) is 0 Å². The monoisotopic (exact) mass is 379 g/mol. The van der Waals surface area contributed by atoms with Crippen molar-refractivity contribution in [1.29, 1.82) is 0 Å². The number of rotatable bonds is 2. The molecule has 3 fully saturated rings. The van der Waals surface area contributed by atoms with Crippen molar-refractivity contribution in [2.24, 2.45) is 28.6 Å². The van der Waals surface area contributed by atoms with Crippen LogP contribution >= 0.6 is 0 Å². The second-order valence-electron chi connectivity index (χ2n) is 8.79. The number of allylic oxidation sites excluding steroid dienone is 4. The summed E-state index contributed by atoms with van der Waals surface area (Å²) in [7, 11) is 0. The van der Waals surface area contributed by atoms with Gasteiger partial charge in [0.15, 0.2) is 17.2 Å². The van der Waals surface area contributed by atoms with Gasteiger partial charge in [0, 0.05) is 19.5 Å². The lowest BCUT2D eigenvalue weighted by Gasteiger charge is -2.59. The van der Waals surface area contributed by atoms with Crippen molar-refractivity contribution < 1.29 is 34.1 Å². The van der Waals surface area contributed by atoms with E-state index < -0.39 is 65.1 Å². The molecule has 148 valence electrons. The fraction of sp³-hybridized carbons (Fsp3) is 0.714. The van der Waals surface area contributed by atoms with Gasteiger partial charge in [0.2, 0.25) is 0 Å². The fourth-order valence-corrected chi connectivity index (χ4v) is 6.24. The van der Waals surface area contributed by atoms with E-state index in [0.717, 1.165) is 5.57 Å². The predicted molar refractivity (Wildman–Crippen MR) is 96.4 cm³/mol. The minimum Gasteiger partial charge on any atom is -0.393 e. The normalized spacial score (nSPS) is 57.5. The highest BCUT2D eigenvalue weighted by molar-refractivity contribution is 6.01. The Kier molecular flexibility index (Phi) is 3.36. The van der Waals surface area contributed by atoms with Crippen LogP contribution in [-0.2, 0) is 9.59 Å². The number of hydrogen-bond donors (Lipinski definition) is 4. The van der Waals surface area contributed by atoms with E-state index in [2.05, 4.69) is 0 Å². The number of aliphatic hydroxyl groups is 4. The SMILES string of the molecule is [2H]C1([2H])[C@]([2H])(O)[C@H]2[C@@H](CCC3=CC(=O)C=CC32C)[C@@H]2C[C@@H](O)[C@](O)(C(=O)CO)[C@]21C. The number of fused-ring (bicyclic) bond motifs is 5. The van der Waals surface area contributed by atoms with E-state index in [0.29, 0.717) is 12.8 Å². The molecule has 0 radical (unpaired) electrons. The van der Waals surface area contributed by atoms with E-state index >= 15 is 0 Å². The lowest BCUT2D eigenvalue weighted by atomic mass is 9.46. The fourth-order valence-electron chi connectivity index (χ4n) is 6.24. The summed E-state index contributed by atoms with van der Waals surface area (Å²) in [4.78, 5) is 24.5. The summed E-state index contributed by atoms with van der Waals surface area (Å²) < 4.78 is 26.5. The van der Waals surface area contributed by atoms with Crippen LogP contribution in [0.2, 0.25) is 0 Å². The Hall–Kier alpha value is -1.34. The standard InChI is InChI=1S/C21H28O6/c1-19-6-5-12(23)7-11(19)3-4-13-14-8-16(25)21(27,17(26)10-22)20(14,2)9-15(24)18(13)19/h5-7,13-16,18,22,24-25,27H,3-4,8-10H2,1-2H3/t13-,14-,15-,16+,18+,19?,20-,21-/m0/s1/i9D2,15D. The molecular formula is C21H28O6. The van der Waals surface area contributed by atoms with E-state index in [1.165, 1.54) is 19.1 Å². The maximum Gasteiger partial charge on any atom is 0.192 e. The van der Waals surface area contributed by atoms with Crippen molar-refractivity contribution in [2.75, 3.05) is 6.61 Å². The number of aliphatic hydroxyl groups excluding tert-OH is 2. The molecule has 0 aromatic heterocycles. The molecule has 0 aromatic carbocycles. The molecular weight excluding hydrogens is 348 g/mol. The van der Waals surface area contributed by atoms with Crippen LogP contribution in [0.25, 0.3) is 0 Å². The molecule has 4 aliphatic carbocycles. The Bertz CT molecular complexity index is 882. The highest BCUT2D eigenvalue weighted by Crippen LogP contribution is 2.67. The third-order valence-electron chi connectivity index (χ3n) is 7.68. The zero-order valence-corrected chi connectivity index (χ0v) is 15.5. The highest BCUT2D eigenvalue weighted by Gasteiger charge is 2.71. The van der Waals surface area contributed by atoms with Crippen molar-refractivity contribution in [3.63, 3.8) is 0 Å². The molecule has 8 atom stereocenters. The van der Waals surface area contributed by atoms with Crippen molar-refractivity contribution in [3.05, 3.63) is 23.8 Å². The summed E-state index contributed by atoms with van der Waals surface area (Å²) >= 11 is 0. The van der Waals surface area contributed by atoms with Crippen LogP contribution in [0.3, 0.4) is 0 Å². The molecule has 4 aliphatic rings. The van der Waals surface area contributed by atoms with Gasteiger partial charge in [-0.1, -0.05) is 25.5 Å². The summed E-state index contributed by atoms with van der Waals surface area (Å²) in [6.07, 6.45) is -1.92. The second kappa shape index (κ2) is 5.83. The first-order chi connectivity index (χ1) is 13.7. The summed E-state index contributed by atoms with van der Waals surface area (Å²) in [5.41, 5.74) is -4.86. The third-order valence-corrected chi connectivity index (χ3v) is 7.68. The maximum atomic E-state index is 12.6. The number of carbonyl (C=O) groups is 2. The Morgan fingerprint density at radius 1 is 1.41 bits per heavy atom. The molecule has 0 bridgehead atoms. The van der Waals surface area contributed by atoms with E-state index in [-0.39, 0.29) is 12.2 Å². The van der Waals surface area contributed by atoms with Crippen LogP contribution in [0.1, 0.15) is 43.6 Å². The topological polar surface area (TPSA) is 115 Å². The predicted octanol–water partition coefficient (Wildman–Crippen LogP) is 0.528. The summed E-state index contributed by atoms with van der Waals surface area (Å²) in [5.74, 6) is -3.48. The van der Waals surface area contributed by atoms with Crippen molar-refractivity contribution in [1.82, 2.24) is 0 Å². The van der Waals surface area contributed by atoms with Crippen molar-refractivity contribution in [3.8, 4) is 0 Å². The molecule has 0 heterocycles. The minimum atomic E-state index is -2.82. The Morgan fingerprint density at radius 2 is 2.11 bits per heavy atom. The summed E-state index contributed by atoms with van der Waals surface area (Å²) in [5, 5.41) is 42.9. The third kappa shape index (κ3) is 2.21. The zero-order valence-electron chi connectivity index (χ0n) is 18.5. The molecule has 3 saturated carbocycles. The number of Topliss-reactive ketones (excluding diaryl/α,β-unsaturated/α-hetero) is 1. The number of ketones is 2. The second-order valence-corrected chi connectivity index (χ2v) is 8.79. The zero-order chi connectivity index (χ0) is 22.5. The van der Waals surface area contributed by atoms with E-state index in [9.17, 15) is 30.0 Å². The smallest absolute Gasteiger partial charge is 0.192 e. The molecule has 0 aromatic rings. The van der Waals surface area contributed by atoms with Gasteiger partial charge in [0.25, 0.3) is 0 Å². The quantitative estimate of drug-likeness (QED) is 0.556. The molecule has 0 spiro atoms. The van der Waals surface area contributed by atoms with Gasteiger partial charge in [-0.2, -0.15) is 0 Å². The molecule has 6 heteroatoms. The molecule has 0 saturated heterocycles. The molecule has 0 aliphatic heterocycles. The van der Waals surface area contributed by atoms with Crippen molar-refractivity contribution in [2.45, 2.75) is 57.3 Å². The lowest BCUT2D eigenvalue weighted by Crippen LogP contribution is -2.63. The van der Waals surface area contributed by atoms with Gasteiger partial charge in [0.1, 0.15) is 6.61 Å². The van der Waals surface area contributed by atoms with E-state index in [4.69, 9.17) is 4.11 Å². The van der Waals surface area contributed by atoms with Crippen LogP contribution in [0.15, 0.2) is 23.8 Å². The minimum absolute atomic E-state index is 0.0900. The largest absolute Gasteiger partial charge is 0.393 e. The van der Waals surface area contributed by atoms with Gasteiger partial charge >= 0.3 is 0 Å². The number of carbonyl (C=O) groups excluding carboxylic acids is 2. The van der Waals surface area contributed by atoms with E-state index in [1.807, 2.05) is 0 Å². The average molecular weight is 379 g/mol. The van der Waals surface area contributed by atoms with Gasteiger partial charge in [-0.15, -0.1) is 0 Å². The first-order valence-corrected chi connectivity index (χ1v) is 9.42. The molecule has 4 N–H and O–H groups in total. The molecule has 6 nitrogen and oxygen atoms in total. The Balaban J connectivity index is 1.95. The van der Waals surface area contributed by atoms with Crippen LogP contribution in [0, 0.1) is 28.6 Å². The first-order valence-electron chi connectivity index (χ1n) is 10.9. The summed E-state index contributed by atoms with van der Waals surface area (Å²) in [6, 6.07) is 0. The van der Waals surface area contributed by atoms with Crippen molar-refractivity contribution >= 4 is 11.6 Å². The Labute approximate surface area is 162 Å². The molecule has 4 rings (SSSR count). The first kappa shape index (κ1) is 15.6. The average Bonchev–Trinajstić information content (AvgIpc) is 2.89. The molecule has 27 heavy (non-hydrogen) atoms. The number of hydrogen-bond acceptors (Lipinski definition) is 6. The van der Waals surface area contributed by atoms with Crippen LogP contribution in [0.4, 0.5) is 0 Å². The van der Waals surface area contributed by atoms with Gasteiger partial charge in [-0.3, -0.25) is 9.59 Å². The maximum absolute atomic E-state index is 12.6. The van der Waals surface area contributed by atoms with Crippen LogP contribution in [-0.4, -0.2) is 56.4 Å². The van der Waals surface area contributed by atoms with Gasteiger partial charge in [-0.25, -0.2) is 0 Å².